The molecule has 0 aromatic carbocycles. The minimum absolute atomic E-state index is 0.490. The third-order valence-electron chi connectivity index (χ3n) is 6.16. The summed E-state index contributed by atoms with van der Waals surface area (Å²) in [6, 6.07) is 0. The molecule has 0 atom stereocenters. The first-order chi connectivity index (χ1) is 8.54. The zero-order chi connectivity index (χ0) is 15.1. The normalized spacial score (nSPS) is 22.9. The third kappa shape index (κ3) is 2.58. The molecule has 0 bridgehead atoms. The quantitative estimate of drug-likeness (QED) is 0.470. The van der Waals surface area contributed by atoms with Crippen molar-refractivity contribution < 1.29 is 4.65 Å². The van der Waals surface area contributed by atoms with Crippen molar-refractivity contribution in [2.45, 2.75) is 76.3 Å². The molecule has 4 heteroatoms. The summed E-state index contributed by atoms with van der Waals surface area (Å²) in [5, 5.41) is 0.490. The van der Waals surface area contributed by atoms with E-state index in [2.05, 4.69) is 50.4 Å². The predicted octanol–water partition coefficient (Wildman–Crippen LogP) is 5.54. The van der Waals surface area contributed by atoms with Crippen LogP contribution >= 0.6 is 0 Å². The Morgan fingerprint density at radius 1 is 0.895 bits per heavy atom. The van der Waals surface area contributed by atoms with Gasteiger partial charge in [-0.1, -0.05) is 0 Å². The van der Waals surface area contributed by atoms with E-state index in [4.69, 9.17) is 4.65 Å². The van der Waals surface area contributed by atoms with Crippen LogP contribution in [0.3, 0.4) is 0 Å². The molecule has 0 aromatic heterocycles. The summed E-state index contributed by atoms with van der Waals surface area (Å²) in [6.45, 7) is 8.83. The van der Waals surface area contributed by atoms with Gasteiger partial charge in [0.1, 0.15) is 0 Å². The maximum absolute atomic E-state index is 6.47. The molecule has 0 saturated carbocycles. The van der Waals surface area contributed by atoms with Crippen molar-refractivity contribution in [3.63, 3.8) is 0 Å². The predicted molar refractivity (Wildman–Crippen MR) is 94.8 cm³/mol. The second-order valence-electron chi connectivity index (χ2n) is 8.48. The Kier molecular flexibility index (Phi) is 5.92. The van der Waals surface area contributed by atoms with Crippen LogP contribution in [0.2, 0.25) is 42.7 Å². The Morgan fingerprint density at radius 2 is 1.32 bits per heavy atom. The van der Waals surface area contributed by atoms with Crippen LogP contribution in [0.25, 0.3) is 0 Å². The summed E-state index contributed by atoms with van der Waals surface area (Å²) < 4.78 is 7.13. The molecule has 1 rings (SSSR count). The van der Waals surface area contributed by atoms with Crippen LogP contribution in [0.4, 0.5) is 0 Å². The van der Waals surface area contributed by atoms with Crippen LogP contribution in [0.1, 0.15) is 33.6 Å². The van der Waals surface area contributed by atoms with E-state index < -0.39 is 36.8 Å². The van der Waals surface area contributed by atoms with E-state index in [0.717, 1.165) is 6.61 Å². The van der Waals surface area contributed by atoms with Crippen molar-refractivity contribution in [3.8, 4) is 0 Å². The Labute approximate surface area is 130 Å². The van der Waals surface area contributed by atoms with Gasteiger partial charge in [-0.25, -0.2) is 0 Å². The number of hydrogen-bond donors (Lipinski definition) is 0. The SMILES string of the molecule is CCB1OC[C]([Sn]([CH3])([CH3])[CH3])([Sn]([CH3])([CH3])[CH3])C1(CC)CC. The van der Waals surface area contributed by atoms with Crippen molar-refractivity contribution in [2.24, 2.45) is 0 Å². The van der Waals surface area contributed by atoms with E-state index in [1.54, 1.807) is 0 Å². The standard InChI is InChI=1S/C9H17BO.6CH3.2Sn/c1-4-9(5-2)7-8-11-10(9)6-3;;;;;;;;/h4-6,8H2,1-3H3;6*1H3;;. The second kappa shape index (κ2) is 6.02. The van der Waals surface area contributed by atoms with Crippen molar-refractivity contribution in [1.82, 2.24) is 0 Å². The minimum atomic E-state index is -2.11. The van der Waals surface area contributed by atoms with Gasteiger partial charge in [0.25, 0.3) is 0 Å². The van der Waals surface area contributed by atoms with Gasteiger partial charge in [0, 0.05) is 0 Å². The molecule has 1 aliphatic rings. The van der Waals surface area contributed by atoms with Crippen molar-refractivity contribution in [2.75, 3.05) is 6.61 Å². The Hall–Kier alpha value is 1.62. The van der Waals surface area contributed by atoms with Crippen molar-refractivity contribution in [1.29, 1.82) is 0 Å². The fourth-order valence-electron chi connectivity index (χ4n) is 5.67. The van der Waals surface area contributed by atoms with Crippen LogP contribution < -0.4 is 0 Å². The first-order valence-electron chi connectivity index (χ1n) is 8.15. The Balaban J connectivity index is 3.55. The van der Waals surface area contributed by atoms with Gasteiger partial charge in [-0.2, -0.15) is 0 Å². The monoisotopic (exact) mass is 482 g/mol. The summed E-state index contributed by atoms with van der Waals surface area (Å²) in [6.07, 6.45) is 3.85. The third-order valence-corrected chi connectivity index (χ3v) is 53.2. The molecule has 0 amide bonds. The topological polar surface area (TPSA) is 9.23 Å². The molecular formula is C15H35BOSn2. The number of hydrogen-bond acceptors (Lipinski definition) is 1. The average Bonchev–Trinajstić information content (AvgIpc) is 2.62. The maximum atomic E-state index is 6.47. The fraction of sp³-hybridized carbons (Fsp3) is 1.00. The van der Waals surface area contributed by atoms with Gasteiger partial charge >= 0.3 is 131 Å². The molecule has 112 valence electrons. The number of rotatable bonds is 5. The molecule has 0 spiro atoms. The molecule has 0 unspecified atom stereocenters. The first kappa shape index (κ1) is 18.7. The average molecular weight is 480 g/mol. The van der Waals surface area contributed by atoms with Gasteiger partial charge < -0.3 is 0 Å². The van der Waals surface area contributed by atoms with E-state index in [1.165, 1.54) is 19.2 Å². The van der Waals surface area contributed by atoms with Crippen molar-refractivity contribution in [3.05, 3.63) is 0 Å². The molecule has 0 radical (unpaired) electrons. The summed E-state index contributed by atoms with van der Waals surface area (Å²) in [4.78, 5) is 16.1. The molecule has 0 aromatic rings. The van der Waals surface area contributed by atoms with Crippen LogP contribution in [0, 0.1) is 0 Å². The molecular weight excluding hydrogens is 444 g/mol. The van der Waals surface area contributed by atoms with Gasteiger partial charge in [-0.05, 0) is 0 Å². The molecule has 1 saturated heterocycles. The second-order valence-corrected chi connectivity index (χ2v) is 43.1. The molecule has 1 fully saturated rings. The van der Waals surface area contributed by atoms with Crippen LogP contribution in [-0.2, 0) is 4.65 Å². The summed E-state index contributed by atoms with van der Waals surface area (Å²) in [5.74, 6) is 0. The molecule has 1 heterocycles. The first-order valence-corrected chi connectivity index (χ1v) is 28.1. The van der Waals surface area contributed by atoms with E-state index in [1.807, 2.05) is 0 Å². The fourth-order valence-corrected chi connectivity index (χ4v) is 69.6. The molecule has 1 nitrogen and oxygen atoms in total. The zero-order valence-corrected chi connectivity index (χ0v) is 20.5. The zero-order valence-electron chi connectivity index (χ0n) is 14.8. The molecule has 0 N–H and O–H groups in total. The summed E-state index contributed by atoms with van der Waals surface area (Å²) in [7, 11) is 0. The van der Waals surface area contributed by atoms with E-state index >= 15 is 0 Å². The van der Waals surface area contributed by atoms with Crippen LogP contribution in [-0.4, -0.2) is 50.3 Å². The van der Waals surface area contributed by atoms with Crippen LogP contribution in [0.15, 0.2) is 0 Å². The van der Waals surface area contributed by atoms with Gasteiger partial charge in [-0.3, -0.25) is 0 Å². The van der Waals surface area contributed by atoms with E-state index in [0.29, 0.717) is 13.7 Å². The van der Waals surface area contributed by atoms with Gasteiger partial charge in [0.15, 0.2) is 0 Å². The molecule has 0 aliphatic carbocycles. The Morgan fingerprint density at radius 3 is 1.58 bits per heavy atom. The summed E-state index contributed by atoms with van der Waals surface area (Å²) in [5.41, 5.74) is 0. The van der Waals surface area contributed by atoms with Gasteiger partial charge in [0.05, 0.1) is 0 Å². The molecule has 19 heavy (non-hydrogen) atoms. The van der Waals surface area contributed by atoms with E-state index in [9.17, 15) is 0 Å². The van der Waals surface area contributed by atoms with Crippen LogP contribution in [0.5, 0.6) is 0 Å². The van der Waals surface area contributed by atoms with Crippen molar-refractivity contribution >= 4 is 43.7 Å². The van der Waals surface area contributed by atoms with Gasteiger partial charge in [-0.15, -0.1) is 0 Å². The van der Waals surface area contributed by atoms with Gasteiger partial charge in [0.2, 0.25) is 0 Å². The van der Waals surface area contributed by atoms with E-state index in [-0.39, 0.29) is 0 Å². The molecule has 1 aliphatic heterocycles. The Bertz CT molecular complexity index is 299. The summed E-state index contributed by atoms with van der Waals surface area (Å²) >= 11 is -4.21.